The second-order valence-corrected chi connectivity index (χ2v) is 6.86. The molecule has 6 nitrogen and oxygen atoms in total. The molecule has 1 atom stereocenters. The monoisotopic (exact) mass is 424 g/mol. The van der Waals surface area contributed by atoms with Gasteiger partial charge in [-0.15, -0.1) is 8.78 Å². The van der Waals surface area contributed by atoms with Crippen molar-refractivity contribution in [3.05, 3.63) is 54.1 Å². The number of rotatable bonds is 8. The Hall–Kier alpha value is -2.71. The minimum absolute atomic E-state index is 0.0272. The molecule has 0 aromatic heterocycles. The van der Waals surface area contributed by atoms with Gasteiger partial charge in [-0.3, -0.25) is 9.59 Å². The number of nitrogens with zero attached hydrogens (tertiary/aromatic N) is 1. The van der Waals surface area contributed by atoms with Crippen molar-refractivity contribution in [2.24, 2.45) is 0 Å². The van der Waals surface area contributed by atoms with E-state index in [1.807, 2.05) is 24.3 Å². The number of ether oxygens (including phenoxy) is 2. The lowest BCUT2D eigenvalue weighted by Gasteiger charge is -2.17. The van der Waals surface area contributed by atoms with Gasteiger partial charge in [-0.25, -0.2) is 4.90 Å². The van der Waals surface area contributed by atoms with E-state index in [0.29, 0.717) is 13.0 Å². The zero-order valence-electron chi connectivity index (χ0n) is 15.5. The maximum absolute atomic E-state index is 12.7. The molecule has 9 heteroatoms. The molecular formula is C20H19ClF2N2O4. The van der Waals surface area contributed by atoms with Gasteiger partial charge in [0, 0.05) is 11.6 Å². The highest BCUT2D eigenvalue weighted by atomic mass is 35.5. The van der Waals surface area contributed by atoms with Crippen LogP contribution in [0.25, 0.3) is 0 Å². The van der Waals surface area contributed by atoms with Crippen LogP contribution in [0.3, 0.4) is 0 Å². The fourth-order valence-electron chi connectivity index (χ4n) is 3.04. The van der Waals surface area contributed by atoms with Gasteiger partial charge in [-0.2, -0.15) is 0 Å². The summed E-state index contributed by atoms with van der Waals surface area (Å²) in [5, 5.41) is 3.10. The third-order valence-corrected chi connectivity index (χ3v) is 4.52. The number of amides is 2. The Kier molecular flexibility index (Phi) is 6.34. The first kappa shape index (κ1) is 21.0. The third kappa shape index (κ3) is 5.42. The van der Waals surface area contributed by atoms with E-state index in [4.69, 9.17) is 16.3 Å². The average Bonchev–Trinajstić information content (AvgIpc) is 2.95. The van der Waals surface area contributed by atoms with Crippen LogP contribution in [0.1, 0.15) is 12.0 Å². The van der Waals surface area contributed by atoms with Crippen molar-refractivity contribution in [1.29, 1.82) is 0 Å². The van der Waals surface area contributed by atoms with Gasteiger partial charge in [0.1, 0.15) is 11.5 Å². The minimum Gasteiger partial charge on any atom is -0.497 e. The molecule has 3 rings (SSSR count). The van der Waals surface area contributed by atoms with Crippen molar-refractivity contribution in [2.45, 2.75) is 24.5 Å². The van der Waals surface area contributed by atoms with Crippen molar-refractivity contribution < 1.29 is 27.8 Å². The van der Waals surface area contributed by atoms with Crippen molar-refractivity contribution in [3.8, 4) is 11.5 Å². The second kappa shape index (κ2) is 8.75. The van der Waals surface area contributed by atoms with Crippen LogP contribution in [0.5, 0.6) is 11.5 Å². The molecule has 1 saturated heterocycles. The Balaban J connectivity index is 1.57. The molecule has 0 bridgehead atoms. The smallest absolute Gasteiger partial charge is 0.487 e. The van der Waals surface area contributed by atoms with Crippen LogP contribution >= 0.6 is 11.6 Å². The number of anilines is 1. The van der Waals surface area contributed by atoms with Crippen LogP contribution in [0, 0.1) is 0 Å². The predicted molar refractivity (Wildman–Crippen MR) is 103 cm³/mol. The van der Waals surface area contributed by atoms with Gasteiger partial charge >= 0.3 is 5.57 Å². The van der Waals surface area contributed by atoms with Crippen LogP contribution in [-0.2, 0) is 16.0 Å². The molecule has 2 aromatic carbocycles. The first-order valence-corrected chi connectivity index (χ1v) is 9.23. The molecular weight excluding hydrogens is 406 g/mol. The Morgan fingerprint density at radius 3 is 2.31 bits per heavy atom. The summed E-state index contributed by atoms with van der Waals surface area (Å²) in [6.07, 6.45) is 0.708. The van der Waals surface area contributed by atoms with Crippen LogP contribution in [0.2, 0.25) is 0 Å². The number of halogens is 3. The quantitative estimate of drug-likeness (QED) is 0.520. The fraction of sp³-hybridized carbons (Fsp3) is 0.300. The largest absolute Gasteiger partial charge is 0.497 e. The highest BCUT2D eigenvalue weighted by Gasteiger charge is 2.39. The molecule has 0 aliphatic carbocycles. The summed E-state index contributed by atoms with van der Waals surface area (Å²) >= 11 is 4.72. The molecule has 1 N–H and O–H groups in total. The molecule has 2 amide bonds. The maximum Gasteiger partial charge on any atom is 0.487 e. The van der Waals surface area contributed by atoms with E-state index in [-0.39, 0.29) is 29.7 Å². The zero-order chi connectivity index (χ0) is 21.0. The Bertz CT molecular complexity index is 870. The minimum atomic E-state index is -3.83. The van der Waals surface area contributed by atoms with E-state index < -0.39 is 11.6 Å². The van der Waals surface area contributed by atoms with E-state index in [1.165, 1.54) is 24.3 Å². The van der Waals surface area contributed by atoms with E-state index in [0.717, 1.165) is 16.2 Å². The standard InChI is InChI=1S/C20H19ClF2N2O4/c1-28-15-6-2-13(3-7-15)10-11-24-17-12-18(26)25(19(17)27)14-4-8-16(9-5-14)29-20(21,22)23/h2-9,17,24H,10-12H2,1H3/t17-/m0/s1. The van der Waals surface area contributed by atoms with Gasteiger partial charge in [-0.05, 0) is 54.9 Å². The molecule has 0 spiro atoms. The number of alkyl halides is 3. The maximum atomic E-state index is 12.7. The summed E-state index contributed by atoms with van der Waals surface area (Å²) in [7, 11) is 1.60. The third-order valence-electron chi connectivity index (χ3n) is 4.44. The van der Waals surface area contributed by atoms with E-state index in [1.54, 1.807) is 7.11 Å². The number of imide groups is 1. The summed E-state index contributed by atoms with van der Waals surface area (Å²) in [5.74, 6) is -0.170. The summed E-state index contributed by atoms with van der Waals surface area (Å²) < 4.78 is 34.7. The van der Waals surface area contributed by atoms with Crippen LogP contribution in [-0.4, -0.2) is 37.1 Å². The normalized spacial score (nSPS) is 17.0. The first-order valence-electron chi connectivity index (χ1n) is 8.86. The number of carbonyl (C=O) groups excluding carboxylic acids is 2. The van der Waals surface area contributed by atoms with E-state index in [2.05, 4.69) is 10.1 Å². The average molecular weight is 425 g/mol. The molecule has 29 heavy (non-hydrogen) atoms. The van der Waals surface area contributed by atoms with Crippen molar-refractivity contribution >= 4 is 29.1 Å². The molecule has 1 aliphatic heterocycles. The molecule has 0 unspecified atom stereocenters. The van der Waals surface area contributed by atoms with Gasteiger partial charge in [-0.1, -0.05) is 12.1 Å². The number of hydrogen-bond donors (Lipinski definition) is 1. The molecule has 1 aliphatic rings. The summed E-state index contributed by atoms with van der Waals surface area (Å²) in [4.78, 5) is 25.9. The SMILES string of the molecule is COc1ccc(CCN[C@H]2CC(=O)N(c3ccc(OC(F)(F)Cl)cc3)C2=O)cc1. The topological polar surface area (TPSA) is 67.9 Å². The van der Waals surface area contributed by atoms with Gasteiger partial charge < -0.3 is 14.8 Å². The highest BCUT2D eigenvalue weighted by molar-refractivity contribution is 6.22. The predicted octanol–water partition coefficient (Wildman–Crippen LogP) is 3.33. The fourth-order valence-corrected chi connectivity index (χ4v) is 3.13. The zero-order valence-corrected chi connectivity index (χ0v) is 16.3. The Morgan fingerprint density at radius 1 is 1.10 bits per heavy atom. The molecule has 1 heterocycles. The van der Waals surface area contributed by atoms with Crippen LogP contribution < -0.4 is 19.7 Å². The van der Waals surface area contributed by atoms with Crippen LogP contribution in [0.4, 0.5) is 14.5 Å². The van der Waals surface area contributed by atoms with E-state index in [9.17, 15) is 18.4 Å². The van der Waals surface area contributed by atoms with Gasteiger partial charge in [0.2, 0.25) is 5.91 Å². The summed E-state index contributed by atoms with van der Waals surface area (Å²) in [6.45, 7) is 0.515. The molecule has 1 fully saturated rings. The highest BCUT2D eigenvalue weighted by Crippen LogP contribution is 2.29. The number of carbonyl (C=O) groups is 2. The molecule has 154 valence electrons. The van der Waals surface area contributed by atoms with Crippen LogP contribution in [0.15, 0.2) is 48.5 Å². The van der Waals surface area contributed by atoms with Gasteiger partial charge in [0.25, 0.3) is 5.91 Å². The van der Waals surface area contributed by atoms with E-state index >= 15 is 0 Å². The van der Waals surface area contributed by atoms with Gasteiger partial charge in [0.05, 0.1) is 25.3 Å². The number of hydrogen-bond acceptors (Lipinski definition) is 5. The second-order valence-electron chi connectivity index (χ2n) is 6.42. The first-order chi connectivity index (χ1) is 13.8. The summed E-state index contributed by atoms with van der Waals surface area (Å²) in [5.41, 5.74) is -2.48. The lowest BCUT2D eigenvalue weighted by atomic mass is 10.1. The van der Waals surface area contributed by atoms with Crippen molar-refractivity contribution in [3.63, 3.8) is 0 Å². The van der Waals surface area contributed by atoms with Crippen molar-refractivity contribution in [2.75, 3.05) is 18.6 Å². The molecule has 2 aromatic rings. The van der Waals surface area contributed by atoms with Gasteiger partial charge in [0.15, 0.2) is 0 Å². The van der Waals surface area contributed by atoms with Crippen molar-refractivity contribution in [1.82, 2.24) is 5.32 Å². The lowest BCUT2D eigenvalue weighted by molar-refractivity contribution is -0.121. The number of nitrogens with one attached hydrogen (secondary N) is 1. The lowest BCUT2D eigenvalue weighted by Crippen LogP contribution is -2.39. The Labute approximate surface area is 171 Å². The number of methoxy groups -OCH3 is 1. The molecule has 0 radical (unpaired) electrons. The number of benzene rings is 2. The molecule has 0 saturated carbocycles. The summed E-state index contributed by atoms with van der Waals surface area (Å²) in [6, 6.07) is 12.1. The Morgan fingerprint density at radius 2 is 1.72 bits per heavy atom.